The molecule has 6 nitrogen and oxygen atoms in total. The second-order valence-corrected chi connectivity index (χ2v) is 4.22. The first-order valence-electron chi connectivity index (χ1n) is 5.35. The van der Waals surface area contributed by atoms with Gasteiger partial charge in [0.1, 0.15) is 0 Å². The maximum Gasteiger partial charge on any atom is 0.336 e. The van der Waals surface area contributed by atoms with Gasteiger partial charge in [-0.3, -0.25) is 0 Å². The fourth-order valence-corrected chi connectivity index (χ4v) is 2.30. The average molecular weight is 230 g/mol. The van der Waals surface area contributed by atoms with Crippen molar-refractivity contribution in [2.75, 3.05) is 0 Å². The van der Waals surface area contributed by atoms with E-state index in [9.17, 15) is 9.59 Å². The Hall–Kier alpha value is -1.14. The van der Waals surface area contributed by atoms with Gasteiger partial charge >= 0.3 is 11.9 Å². The van der Waals surface area contributed by atoms with Crippen molar-refractivity contribution in [3.8, 4) is 0 Å². The van der Waals surface area contributed by atoms with E-state index >= 15 is 0 Å². The van der Waals surface area contributed by atoms with Gasteiger partial charge in [-0.2, -0.15) is 0 Å². The molecule has 16 heavy (non-hydrogen) atoms. The number of carboxylic acids is 2. The van der Waals surface area contributed by atoms with Gasteiger partial charge in [0.2, 0.25) is 0 Å². The van der Waals surface area contributed by atoms with Crippen molar-refractivity contribution in [2.24, 2.45) is 0 Å². The molecular weight excluding hydrogens is 216 g/mol. The lowest BCUT2D eigenvalue weighted by Crippen LogP contribution is -2.36. The summed E-state index contributed by atoms with van der Waals surface area (Å²) in [4.78, 5) is 21.7. The molecule has 0 aromatic rings. The van der Waals surface area contributed by atoms with Gasteiger partial charge in [0.25, 0.3) is 0 Å². The molecular formula is C10H14O6. The fraction of sp³-hybridized carbons (Fsp3) is 0.800. The number of hydrogen-bond donors (Lipinski definition) is 2. The first kappa shape index (κ1) is 11.3. The number of hydrogen-bond acceptors (Lipinski definition) is 4. The zero-order valence-corrected chi connectivity index (χ0v) is 8.72. The largest absolute Gasteiger partial charge is 0.479 e. The number of aliphatic carboxylic acids is 2. The van der Waals surface area contributed by atoms with Gasteiger partial charge in [-0.05, 0) is 12.8 Å². The van der Waals surface area contributed by atoms with E-state index in [0.717, 1.165) is 19.3 Å². The molecule has 6 heteroatoms. The van der Waals surface area contributed by atoms with E-state index in [4.69, 9.17) is 19.7 Å². The van der Waals surface area contributed by atoms with Crippen molar-refractivity contribution in [1.82, 2.24) is 0 Å². The molecule has 2 aliphatic rings. The minimum absolute atomic E-state index is 0.570. The third-order valence-corrected chi connectivity index (χ3v) is 3.06. The van der Waals surface area contributed by atoms with Crippen LogP contribution >= 0.6 is 0 Å². The third kappa shape index (κ3) is 1.90. The van der Waals surface area contributed by atoms with Crippen LogP contribution in [0.5, 0.6) is 0 Å². The smallest absolute Gasteiger partial charge is 0.336 e. The van der Waals surface area contributed by atoms with Crippen molar-refractivity contribution < 1.29 is 29.3 Å². The van der Waals surface area contributed by atoms with Crippen LogP contribution in [0.3, 0.4) is 0 Å². The van der Waals surface area contributed by atoms with Gasteiger partial charge in [-0.1, -0.05) is 6.42 Å². The molecule has 2 atom stereocenters. The Morgan fingerprint density at radius 2 is 1.38 bits per heavy atom. The summed E-state index contributed by atoms with van der Waals surface area (Å²) in [7, 11) is 0. The number of rotatable bonds is 2. The first-order valence-corrected chi connectivity index (χ1v) is 5.35. The van der Waals surface area contributed by atoms with Crippen molar-refractivity contribution in [3.05, 3.63) is 0 Å². The first-order chi connectivity index (χ1) is 7.54. The van der Waals surface area contributed by atoms with Gasteiger partial charge in [0.15, 0.2) is 18.0 Å². The molecule has 1 heterocycles. The minimum atomic E-state index is -1.39. The average Bonchev–Trinajstić information content (AvgIpc) is 2.59. The molecule has 0 amide bonds. The summed E-state index contributed by atoms with van der Waals surface area (Å²) >= 11 is 0. The Morgan fingerprint density at radius 1 is 0.938 bits per heavy atom. The highest BCUT2D eigenvalue weighted by Crippen LogP contribution is 2.40. The van der Waals surface area contributed by atoms with E-state index in [1.807, 2.05) is 0 Å². The van der Waals surface area contributed by atoms with Gasteiger partial charge in [0.05, 0.1) is 0 Å². The van der Waals surface area contributed by atoms with Crippen LogP contribution in [0.1, 0.15) is 32.1 Å². The highest BCUT2D eigenvalue weighted by molar-refractivity contribution is 5.84. The van der Waals surface area contributed by atoms with Crippen LogP contribution in [0.4, 0.5) is 0 Å². The molecule has 90 valence electrons. The monoisotopic (exact) mass is 230 g/mol. The Morgan fingerprint density at radius 3 is 1.75 bits per heavy atom. The summed E-state index contributed by atoms with van der Waals surface area (Å²) in [6, 6.07) is 0. The lowest BCUT2D eigenvalue weighted by atomic mass is 9.94. The molecule has 0 radical (unpaired) electrons. The molecule has 1 aliphatic carbocycles. The molecule has 2 unspecified atom stereocenters. The Labute approximate surface area is 92.2 Å². The van der Waals surface area contributed by atoms with Gasteiger partial charge in [-0.25, -0.2) is 9.59 Å². The molecule has 2 N–H and O–H groups in total. The van der Waals surface area contributed by atoms with Gasteiger partial charge in [0, 0.05) is 12.8 Å². The molecule has 0 bridgehead atoms. The number of carbonyl (C=O) groups is 2. The summed E-state index contributed by atoms with van der Waals surface area (Å²) in [5.41, 5.74) is 0. The molecule has 1 saturated heterocycles. The Kier molecular flexibility index (Phi) is 2.86. The lowest BCUT2D eigenvalue weighted by Gasteiger charge is -2.31. The summed E-state index contributed by atoms with van der Waals surface area (Å²) in [5, 5.41) is 17.8. The van der Waals surface area contributed by atoms with E-state index in [1.165, 1.54) is 0 Å². The van der Waals surface area contributed by atoms with Crippen LogP contribution in [-0.4, -0.2) is 40.1 Å². The Balaban J connectivity index is 2.16. The van der Waals surface area contributed by atoms with E-state index in [0.29, 0.717) is 12.8 Å². The summed E-state index contributed by atoms with van der Waals surface area (Å²) in [5.74, 6) is -3.55. The number of carboxylic acid groups (broad SMARTS) is 2. The van der Waals surface area contributed by atoms with Crippen LogP contribution in [0.15, 0.2) is 0 Å². The maximum atomic E-state index is 10.9. The van der Waals surface area contributed by atoms with Crippen molar-refractivity contribution >= 4 is 11.9 Å². The van der Waals surface area contributed by atoms with Crippen LogP contribution in [0.2, 0.25) is 0 Å². The van der Waals surface area contributed by atoms with Crippen LogP contribution in [0.25, 0.3) is 0 Å². The predicted molar refractivity (Wildman–Crippen MR) is 50.8 cm³/mol. The number of ether oxygens (including phenoxy) is 2. The fourth-order valence-electron chi connectivity index (χ4n) is 2.30. The van der Waals surface area contributed by atoms with E-state index in [1.54, 1.807) is 0 Å². The van der Waals surface area contributed by atoms with Gasteiger partial charge < -0.3 is 19.7 Å². The van der Waals surface area contributed by atoms with E-state index in [2.05, 4.69) is 0 Å². The topological polar surface area (TPSA) is 93.1 Å². The normalized spacial score (nSPS) is 32.8. The van der Waals surface area contributed by atoms with Gasteiger partial charge in [-0.15, -0.1) is 0 Å². The molecule has 1 aliphatic heterocycles. The quantitative estimate of drug-likeness (QED) is 0.721. The van der Waals surface area contributed by atoms with Crippen LogP contribution in [0, 0.1) is 0 Å². The molecule has 1 saturated carbocycles. The molecule has 0 aromatic heterocycles. The van der Waals surface area contributed by atoms with Crippen LogP contribution in [-0.2, 0) is 19.1 Å². The molecule has 2 fully saturated rings. The van der Waals surface area contributed by atoms with Crippen molar-refractivity contribution in [2.45, 2.75) is 50.1 Å². The maximum absolute atomic E-state index is 10.9. The lowest BCUT2D eigenvalue weighted by molar-refractivity contribution is -0.201. The van der Waals surface area contributed by atoms with Crippen molar-refractivity contribution in [1.29, 1.82) is 0 Å². The minimum Gasteiger partial charge on any atom is -0.479 e. The highest BCUT2D eigenvalue weighted by Gasteiger charge is 2.53. The second kappa shape index (κ2) is 4.03. The molecule has 0 aromatic carbocycles. The molecule has 2 rings (SSSR count). The molecule has 1 spiro atoms. The zero-order valence-electron chi connectivity index (χ0n) is 8.72. The van der Waals surface area contributed by atoms with Crippen molar-refractivity contribution in [3.63, 3.8) is 0 Å². The highest BCUT2D eigenvalue weighted by atomic mass is 16.8. The third-order valence-electron chi connectivity index (χ3n) is 3.06. The van der Waals surface area contributed by atoms with Crippen LogP contribution < -0.4 is 0 Å². The SMILES string of the molecule is O=C(O)C1OC2(CCCCC2)OC1C(=O)O. The van der Waals surface area contributed by atoms with E-state index in [-0.39, 0.29) is 0 Å². The summed E-state index contributed by atoms with van der Waals surface area (Å²) in [6.45, 7) is 0. The Bertz CT molecular complexity index is 282. The standard InChI is InChI=1S/C10H14O6/c11-8(12)6-7(9(13)14)16-10(15-6)4-2-1-3-5-10/h6-7H,1-5H2,(H,11,12)(H,13,14). The second-order valence-electron chi connectivity index (χ2n) is 4.22. The van der Waals surface area contributed by atoms with E-state index < -0.39 is 29.9 Å². The predicted octanol–water partition coefficient (Wildman–Crippen LogP) is 0.600. The zero-order chi connectivity index (χ0) is 11.8. The summed E-state index contributed by atoms with van der Waals surface area (Å²) in [6.07, 6.45) is 1.15. The summed E-state index contributed by atoms with van der Waals surface area (Å²) < 4.78 is 10.6.